The van der Waals surface area contributed by atoms with Gasteiger partial charge in [0.15, 0.2) is 0 Å². The normalized spacial score (nSPS) is 11.8. The van der Waals surface area contributed by atoms with Gasteiger partial charge in [-0.15, -0.1) is 0 Å². The van der Waals surface area contributed by atoms with Crippen LogP contribution in [0.2, 0.25) is 0 Å². The average molecular weight is 306 g/mol. The highest BCUT2D eigenvalue weighted by Gasteiger charge is 2.15. The minimum atomic E-state index is -0.410. The summed E-state index contributed by atoms with van der Waals surface area (Å²) in [5.74, 6) is 0.141. The lowest BCUT2D eigenvalue weighted by molar-refractivity contribution is 0.249. The summed E-state index contributed by atoms with van der Waals surface area (Å²) in [4.78, 5) is 12.0. The van der Waals surface area contributed by atoms with Gasteiger partial charge in [0, 0.05) is 18.3 Å². The molecule has 0 aliphatic rings. The van der Waals surface area contributed by atoms with Crippen molar-refractivity contribution >= 4 is 11.7 Å². The van der Waals surface area contributed by atoms with Crippen LogP contribution in [0.25, 0.3) is 0 Å². The highest BCUT2D eigenvalue weighted by atomic mass is 19.1. The number of carbonyl (C=O) groups is 1. The maximum absolute atomic E-state index is 13.4. The molecule has 1 aromatic heterocycles. The molecule has 0 radical (unpaired) electrons. The first-order valence-electron chi connectivity index (χ1n) is 6.97. The number of urea groups is 1. The van der Waals surface area contributed by atoms with Crippen molar-refractivity contribution in [3.8, 4) is 5.75 Å². The van der Waals surface area contributed by atoms with Gasteiger partial charge in [-0.25, -0.2) is 9.18 Å². The topological polar surface area (TPSA) is 68.2 Å². The molecule has 7 heteroatoms. The highest BCUT2D eigenvalue weighted by Crippen LogP contribution is 2.25. The molecule has 0 bridgehead atoms. The summed E-state index contributed by atoms with van der Waals surface area (Å²) >= 11 is 0. The summed E-state index contributed by atoms with van der Waals surface area (Å²) in [6.07, 6.45) is 3.30. The molecule has 0 saturated carbocycles. The number of aromatic nitrogens is 2. The number of ether oxygens (including phenoxy) is 1. The van der Waals surface area contributed by atoms with E-state index in [0.29, 0.717) is 17.0 Å². The molecule has 6 nitrogen and oxygen atoms in total. The van der Waals surface area contributed by atoms with E-state index in [9.17, 15) is 9.18 Å². The first kappa shape index (κ1) is 15.8. The quantitative estimate of drug-likeness (QED) is 0.892. The van der Waals surface area contributed by atoms with Gasteiger partial charge in [-0.3, -0.25) is 4.68 Å². The lowest BCUT2D eigenvalue weighted by atomic mass is 10.1. The SMILES string of the molecule is CCn1cc(NC(=O)N[C@H](C)c2cc(F)ccc2OC)cn1. The number of methoxy groups -OCH3 is 1. The van der Waals surface area contributed by atoms with Gasteiger partial charge in [-0.05, 0) is 32.0 Å². The van der Waals surface area contributed by atoms with Crippen molar-refractivity contribution in [2.75, 3.05) is 12.4 Å². The second-order valence-electron chi connectivity index (χ2n) is 4.79. The lowest BCUT2D eigenvalue weighted by Gasteiger charge is -2.17. The molecule has 1 heterocycles. The summed E-state index contributed by atoms with van der Waals surface area (Å²) in [6, 6.07) is 3.39. The summed E-state index contributed by atoms with van der Waals surface area (Å²) < 4.78 is 20.3. The number of aryl methyl sites for hydroxylation is 1. The van der Waals surface area contributed by atoms with E-state index in [1.807, 2.05) is 6.92 Å². The van der Waals surface area contributed by atoms with Crippen LogP contribution in [0.15, 0.2) is 30.6 Å². The van der Waals surface area contributed by atoms with Crippen molar-refractivity contribution in [3.05, 3.63) is 42.0 Å². The van der Waals surface area contributed by atoms with Gasteiger partial charge < -0.3 is 15.4 Å². The molecule has 2 N–H and O–H groups in total. The van der Waals surface area contributed by atoms with Crippen LogP contribution >= 0.6 is 0 Å². The van der Waals surface area contributed by atoms with Crippen molar-refractivity contribution in [2.45, 2.75) is 26.4 Å². The molecule has 0 aliphatic heterocycles. The number of hydrogen-bond acceptors (Lipinski definition) is 3. The second-order valence-corrected chi connectivity index (χ2v) is 4.79. The lowest BCUT2D eigenvalue weighted by Crippen LogP contribution is -2.31. The Hall–Kier alpha value is -2.57. The van der Waals surface area contributed by atoms with Gasteiger partial charge in [0.05, 0.1) is 25.0 Å². The largest absolute Gasteiger partial charge is 0.496 e. The minimum absolute atomic E-state index is 0.380. The van der Waals surface area contributed by atoms with Gasteiger partial charge in [0.25, 0.3) is 0 Å². The van der Waals surface area contributed by atoms with Gasteiger partial charge in [-0.1, -0.05) is 0 Å². The van der Waals surface area contributed by atoms with Crippen molar-refractivity contribution in [2.24, 2.45) is 0 Å². The second kappa shape index (κ2) is 6.93. The maximum atomic E-state index is 13.4. The predicted molar refractivity (Wildman–Crippen MR) is 81.4 cm³/mol. The van der Waals surface area contributed by atoms with Gasteiger partial charge in [0.1, 0.15) is 11.6 Å². The van der Waals surface area contributed by atoms with Gasteiger partial charge in [0.2, 0.25) is 0 Å². The Labute approximate surface area is 128 Å². The molecule has 2 amide bonds. The molecule has 118 valence electrons. The average Bonchev–Trinajstić information content (AvgIpc) is 2.94. The molecule has 22 heavy (non-hydrogen) atoms. The van der Waals surface area contributed by atoms with Gasteiger partial charge in [-0.2, -0.15) is 5.10 Å². The van der Waals surface area contributed by atoms with E-state index >= 15 is 0 Å². The van der Waals surface area contributed by atoms with Crippen LogP contribution in [0.1, 0.15) is 25.5 Å². The Balaban J connectivity index is 2.03. The molecule has 0 aliphatic carbocycles. The zero-order valence-corrected chi connectivity index (χ0v) is 12.8. The number of nitrogens with one attached hydrogen (secondary N) is 2. The molecule has 1 atom stereocenters. The van der Waals surface area contributed by atoms with Crippen LogP contribution in [0.4, 0.5) is 14.9 Å². The summed E-state index contributed by atoms with van der Waals surface area (Å²) in [5, 5.41) is 9.49. The van der Waals surface area contributed by atoms with Crippen LogP contribution in [-0.2, 0) is 6.54 Å². The molecular formula is C15H19FN4O2. The molecule has 2 aromatic rings. The highest BCUT2D eigenvalue weighted by molar-refractivity contribution is 5.89. The number of rotatable bonds is 5. The number of hydrogen-bond donors (Lipinski definition) is 2. The summed E-state index contributed by atoms with van der Waals surface area (Å²) in [5.41, 5.74) is 1.17. The Bertz CT molecular complexity index is 657. The van der Waals surface area contributed by atoms with Crippen molar-refractivity contribution in [3.63, 3.8) is 0 Å². The van der Waals surface area contributed by atoms with Crippen LogP contribution in [0.3, 0.4) is 0 Å². The summed E-state index contributed by atoms with van der Waals surface area (Å²) in [6.45, 7) is 4.43. The van der Waals surface area contributed by atoms with Crippen LogP contribution in [0.5, 0.6) is 5.75 Å². The van der Waals surface area contributed by atoms with Crippen LogP contribution in [-0.4, -0.2) is 22.9 Å². The zero-order chi connectivity index (χ0) is 16.1. The van der Waals surface area contributed by atoms with Crippen molar-refractivity contribution < 1.29 is 13.9 Å². The van der Waals surface area contributed by atoms with E-state index in [4.69, 9.17) is 4.74 Å². The fourth-order valence-corrected chi connectivity index (χ4v) is 2.09. The van der Waals surface area contributed by atoms with E-state index in [1.54, 1.807) is 24.0 Å². The van der Waals surface area contributed by atoms with E-state index in [-0.39, 0.29) is 5.82 Å². The first-order valence-corrected chi connectivity index (χ1v) is 6.97. The fraction of sp³-hybridized carbons (Fsp3) is 0.333. The number of carbonyl (C=O) groups excluding carboxylic acids is 1. The number of nitrogens with zero attached hydrogens (tertiary/aromatic N) is 2. The Kier molecular flexibility index (Phi) is 4.98. The zero-order valence-electron chi connectivity index (χ0n) is 12.8. The number of benzene rings is 1. The molecule has 1 aromatic carbocycles. The third kappa shape index (κ3) is 3.75. The smallest absolute Gasteiger partial charge is 0.319 e. The van der Waals surface area contributed by atoms with Crippen molar-refractivity contribution in [1.82, 2.24) is 15.1 Å². The third-order valence-electron chi connectivity index (χ3n) is 3.22. The molecule has 0 unspecified atom stereocenters. The molecule has 0 spiro atoms. The molecule has 0 saturated heterocycles. The monoisotopic (exact) mass is 306 g/mol. The third-order valence-corrected chi connectivity index (χ3v) is 3.22. The minimum Gasteiger partial charge on any atom is -0.496 e. The molecular weight excluding hydrogens is 287 g/mol. The van der Waals surface area contributed by atoms with E-state index in [0.717, 1.165) is 6.54 Å². The van der Waals surface area contributed by atoms with E-state index < -0.39 is 12.1 Å². The Morgan fingerprint density at radius 2 is 2.27 bits per heavy atom. The number of anilines is 1. The Morgan fingerprint density at radius 3 is 2.91 bits per heavy atom. The van der Waals surface area contributed by atoms with E-state index in [1.165, 1.54) is 25.3 Å². The van der Waals surface area contributed by atoms with E-state index in [2.05, 4.69) is 15.7 Å². The maximum Gasteiger partial charge on any atom is 0.319 e. The number of amides is 2. The number of halogens is 1. The van der Waals surface area contributed by atoms with Crippen LogP contribution < -0.4 is 15.4 Å². The standard InChI is InChI=1S/C15H19FN4O2/c1-4-20-9-12(8-17-20)19-15(21)18-10(2)13-7-11(16)5-6-14(13)22-3/h5-10H,4H2,1-3H3,(H2,18,19,21)/t10-/m1/s1. The Morgan fingerprint density at radius 1 is 1.50 bits per heavy atom. The fourth-order valence-electron chi connectivity index (χ4n) is 2.09. The molecule has 2 rings (SSSR count). The first-order chi connectivity index (χ1) is 10.5. The molecule has 0 fully saturated rings. The van der Waals surface area contributed by atoms with Crippen LogP contribution in [0, 0.1) is 5.82 Å². The predicted octanol–water partition coefficient (Wildman–Crippen LogP) is 2.93. The van der Waals surface area contributed by atoms with Crippen molar-refractivity contribution in [1.29, 1.82) is 0 Å². The summed E-state index contributed by atoms with van der Waals surface area (Å²) in [7, 11) is 1.50. The van der Waals surface area contributed by atoms with Gasteiger partial charge >= 0.3 is 6.03 Å².